The molecule has 2 atom stereocenters. The Morgan fingerprint density at radius 2 is 2.11 bits per heavy atom. The van der Waals surface area contributed by atoms with Crippen LogP contribution in [0.15, 0.2) is 24.3 Å². The molecule has 1 fully saturated rings. The summed E-state index contributed by atoms with van der Waals surface area (Å²) in [6.07, 6.45) is 10.5. The van der Waals surface area contributed by atoms with Crippen molar-refractivity contribution in [2.24, 2.45) is 0 Å². The first-order chi connectivity index (χ1) is 8.78. The summed E-state index contributed by atoms with van der Waals surface area (Å²) in [7, 11) is -3.46. The largest absolute Gasteiger partial charge is 0.371 e. The van der Waals surface area contributed by atoms with Crippen molar-refractivity contribution >= 4 is 15.7 Å². The molecule has 1 aliphatic heterocycles. The maximum Gasteiger partial charge on any atom is 0.240 e. The fourth-order valence-corrected chi connectivity index (χ4v) is 3.05. The van der Waals surface area contributed by atoms with Crippen molar-refractivity contribution in [2.75, 3.05) is 6.26 Å². The fraction of sp³-hybridized carbons (Fsp3) is 0.615. The predicted molar refractivity (Wildman–Crippen MR) is 74.1 cm³/mol. The number of hydrogen-bond acceptors (Lipinski definition) is 4. The van der Waals surface area contributed by atoms with Gasteiger partial charge in [-0.25, -0.2) is 8.42 Å². The molecule has 5 nitrogen and oxygen atoms in total. The Balaban J connectivity index is 2.51. The van der Waals surface area contributed by atoms with E-state index in [-0.39, 0.29) is 6.42 Å². The van der Waals surface area contributed by atoms with Gasteiger partial charge in [0.1, 0.15) is 11.0 Å². The first-order valence-electron chi connectivity index (χ1n) is 6.28. The summed E-state index contributed by atoms with van der Waals surface area (Å²) in [4.78, 5) is 11.5. The van der Waals surface area contributed by atoms with Gasteiger partial charge in [-0.05, 0) is 26.2 Å². The Morgan fingerprint density at radius 1 is 1.42 bits per heavy atom. The monoisotopic (exact) mass is 287 g/mol. The van der Waals surface area contributed by atoms with E-state index < -0.39 is 26.7 Å². The van der Waals surface area contributed by atoms with Gasteiger partial charge in [-0.2, -0.15) is 0 Å². The molecule has 108 valence electrons. The number of allylic oxidation sites excluding steroid dienone is 4. The highest BCUT2D eigenvalue weighted by molar-refractivity contribution is 7.92. The zero-order chi connectivity index (χ0) is 14.5. The highest BCUT2D eigenvalue weighted by atomic mass is 32.2. The molecule has 0 unspecified atom stereocenters. The van der Waals surface area contributed by atoms with E-state index in [1.165, 1.54) is 0 Å². The lowest BCUT2D eigenvalue weighted by atomic mass is 10.1. The molecule has 0 radical (unpaired) electrons. The Labute approximate surface area is 114 Å². The van der Waals surface area contributed by atoms with Crippen LogP contribution in [0.2, 0.25) is 0 Å². The summed E-state index contributed by atoms with van der Waals surface area (Å²) in [5.74, 6) is -0.608. The fourth-order valence-electron chi connectivity index (χ4n) is 2.02. The molecule has 1 rings (SSSR count). The van der Waals surface area contributed by atoms with Crippen LogP contribution in [0.4, 0.5) is 0 Å². The van der Waals surface area contributed by atoms with Crippen molar-refractivity contribution < 1.29 is 18.3 Å². The molecule has 1 heterocycles. The molecule has 0 aromatic heterocycles. The van der Waals surface area contributed by atoms with Crippen LogP contribution in [0, 0.1) is 0 Å². The molecule has 2 N–H and O–H groups in total. The third kappa shape index (κ3) is 4.80. The molecule has 1 aliphatic rings. The summed E-state index contributed by atoms with van der Waals surface area (Å²) >= 11 is 0. The average Bonchev–Trinajstić information content (AvgIpc) is 2.59. The second kappa shape index (κ2) is 6.34. The van der Waals surface area contributed by atoms with Crippen LogP contribution >= 0.6 is 0 Å². The van der Waals surface area contributed by atoms with Crippen molar-refractivity contribution in [3.63, 3.8) is 0 Å². The van der Waals surface area contributed by atoms with Gasteiger partial charge in [0.15, 0.2) is 9.84 Å². The number of nitrogens with one attached hydrogen (secondary N) is 1. The first kappa shape index (κ1) is 15.9. The third-order valence-electron chi connectivity index (χ3n) is 3.09. The lowest BCUT2D eigenvalue weighted by Gasteiger charge is -2.21. The molecule has 0 saturated carbocycles. The molecule has 6 heteroatoms. The summed E-state index contributed by atoms with van der Waals surface area (Å²) in [5, 5.41) is 11.4. The van der Waals surface area contributed by atoms with Crippen LogP contribution in [-0.4, -0.2) is 36.7 Å². The van der Waals surface area contributed by atoms with Gasteiger partial charge >= 0.3 is 0 Å². The molecule has 0 aromatic carbocycles. The van der Waals surface area contributed by atoms with Gasteiger partial charge in [0.2, 0.25) is 5.91 Å². The van der Waals surface area contributed by atoms with Gasteiger partial charge in [0.25, 0.3) is 0 Å². The maximum absolute atomic E-state index is 11.5. The second-order valence-electron chi connectivity index (χ2n) is 4.86. The number of carbonyl (C=O) groups excluding carboxylic acids is 1. The topological polar surface area (TPSA) is 83.5 Å². The van der Waals surface area contributed by atoms with Crippen molar-refractivity contribution in [3.8, 4) is 0 Å². The minimum Gasteiger partial charge on any atom is -0.371 e. The Bertz CT molecular complexity index is 481. The summed E-state index contributed by atoms with van der Waals surface area (Å²) in [6, 6.07) is 0. The van der Waals surface area contributed by atoms with Gasteiger partial charge in [0, 0.05) is 12.7 Å². The zero-order valence-electron chi connectivity index (χ0n) is 11.3. The van der Waals surface area contributed by atoms with E-state index in [4.69, 9.17) is 0 Å². The van der Waals surface area contributed by atoms with Crippen LogP contribution in [0.3, 0.4) is 0 Å². The van der Waals surface area contributed by atoms with E-state index in [1.54, 1.807) is 0 Å². The second-order valence-corrected chi connectivity index (χ2v) is 7.09. The number of rotatable bonds is 6. The highest BCUT2D eigenvalue weighted by Gasteiger charge is 2.46. The Hall–Kier alpha value is -1.14. The van der Waals surface area contributed by atoms with Gasteiger partial charge in [-0.3, -0.25) is 4.79 Å². The highest BCUT2D eigenvalue weighted by Crippen LogP contribution is 2.26. The molecule has 1 amide bonds. The van der Waals surface area contributed by atoms with Gasteiger partial charge in [-0.1, -0.05) is 24.3 Å². The molecule has 0 aromatic rings. The lowest BCUT2D eigenvalue weighted by molar-refractivity contribution is -0.121. The smallest absolute Gasteiger partial charge is 0.240 e. The number of hydrogen-bond donors (Lipinski definition) is 2. The van der Waals surface area contributed by atoms with E-state index in [9.17, 15) is 18.3 Å². The normalized spacial score (nSPS) is 28.4. The van der Waals surface area contributed by atoms with E-state index in [0.717, 1.165) is 12.7 Å². The summed E-state index contributed by atoms with van der Waals surface area (Å²) < 4.78 is 22.8. The van der Waals surface area contributed by atoms with Crippen LogP contribution in [0.1, 0.15) is 32.6 Å². The van der Waals surface area contributed by atoms with E-state index in [0.29, 0.717) is 12.8 Å². The molecule has 1 saturated heterocycles. The molecule has 19 heavy (non-hydrogen) atoms. The first-order valence-corrected chi connectivity index (χ1v) is 8.23. The van der Waals surface area contributed by atoms with Gasteiger partial charge < -0.3 is 10.4 Å². The number of carbonyl (C=O) groups is 1. The van der Waals surface area contributed by atoms with Crippen molar-refractivity contribution in [1.29, 1.82) is 0 Å². The average molecular weight is 287 g/mol. The lowest BCUT2D eigenvalue weighted by Crippen LogP contribution is -2.41. The quantitative estimate of drug-likeness (QED) is 0.711. The zero-order valence-corrected chi connectivity index (χ0v) is 12.1. The molecule has 0 aliphatic carbocycles. The molecular weight excluding hydrogens is 266 g/mol. The maximum atomic E-state index is 11.5. The molecule has 0 spiro atoms. The van der Waals surface area contributed by atoms with E-state index in [2.05, 4.69) is 5.32 Å². The van der Waals surface area contributed by atoms with Gasteiger partial charge in [0.05, 0.1) is 0 Å². The van der Waals surface area contributed by atoms with E-state index >= 15 is 0 Å². The van der Waals surface area contributed by atoms with Crippen molar-refractivity contribution in [3.05, 3.63) is 24.3 Å². The Morgan fingerprint density at radius 3 is 2.63 bits per heavy atom. The van der Waals surface area contributed by atoms with Gasteiger partial charge in [-0.15, -0.1) is 0 Å². The van der Waals surface area contributed by atoms with Crippen LogP contribution < -0.4 is 5.32 Å². The Kier molecular flexibility index (Phi) is 5.31. The van der Waals surface area contributed by atoms with Crippen LogP contribution in [-0.2, 0) is 14.6 Å². The standard InChI is InChI=1S/C13H21NO4S/c1-3-4-5-6-7-8-9-13(16)10-11(12(15)14-13)19(2,17)18/h3-4,6-7,11,16H,5,8-10H2,1-2H3,(H,14,15)/b4-3+,7-6+/t11-,13-/m0/s1. The van der Waals surface area contributed by atoms with Crippen LogP contribution in [0.5, 0.6) is 0 Å². The third-order valence-corrected chi connectivity index (χ3v) is 4.50. The minimum atomic E-state index is -3.46. The summed E-state index contributed by atoms with van der Waals surface area (Å²) in [5.41, 5.74) is -1.41. The van der Waals surface area contributed by atoms with E-state index in [1.807, 2.05) is 31.2 Å². The minimum absolute atomic E-state index is 0.0760. The molecule has 0 bridgehead atoms. The van der Waals surface area contributed by atoms with Crippen molar-refractivity contribution in [2.45, 2.75) is 43.6 Å². The SMILES string of the molecule is C/C=C/C/C=C/CC[C@]1(O)C[C@H](S(C)(=O)=O)C(=O)N1. The summed E-state index contributed by atoms with van der Waals surface area (Å²) in [6.45, 7) is 1.94. The molecular formula is C13H21NO4S. The number of aliphatic hydroxyl groups is 1. The van der Waals surface area contributed by atoms with Crippen LogP contribution in [0.25, 0.3) is 0 Å². The van der Waals surface area contributed by atoms with Crippen molar-refractivity contribution in [1.82, 2.24) is 5.32 Å². The predicted octanol–water partition coefficient (Wildman–Crippen LogP) is 0.911. The number of amides is 1. The number of sulfone groups is 1.